The van der Waals surface area contributed by atoms with Crippen molar-refractivity contribution in [2.45, 2.75) is 132 Å². The highest BCUT2D eigenvalue weighted by atomic mass is 19.4. The van der Waals surface area contributed by atoms with Gasteiger partial charge in [0, 0.05) is 5.56 Å². The topological polar surface area (TPSA) is 17.1 Å². The number of hydrogen-bond acceptors (Lipinski definition) is 1. The van der Waals surface area contributed by atoms with E-state index in [0.29, 0.717) is 42.4 Å². The summed E-state index contributed by atoms with van der Waals surface area (Å²) in [6, 6.07) is 3.05. The lowest BCUT2D eigenvalue weighted by molar-refractivity contribution is -0.449. The zero-order chi connectivity index (χ0) is 35.9. The first-order chi connectivity index (χ1) is 21.4. The van der Waals surface area contributed by atoms with Crippen LogP contribution in [0.1, 0.15) is 106 Å². The third-order valence-corrected chi connectivity index (χ3v) is 9.75. The van der Waals surface area contributed by atoms with Crippen LogP contribution in [0.3, 0.4) is 0 Å². The predicted molar refractivity (Wildman–Crippen MR) is 141 cm³/mol. The molecule has 0 aliphatic heterocycles. The van der Waals surface area contributed by atoms with Crippen molar-refractivity contribution in [3.63, 3.8) is 0 Å². The second-order valence-electron chi connectivity index (χ2n) is 12.9. The standard InChI is InChI=1S/C31H35F15O/c1-2-3-18-4-6-19(7-5-18)8-9-20-10-12-21(13-11-20)22-14-16-23(17-15-22)24(47)25(32,33)26(34,35)27(36,37)28(38,39)29(40,41)30(42,43)31(44,45)46/h14-21H,2-13H2,1H3. The number of carbonyl (C=O) groups is 1. The van der Waals surface area contributed by atoms with Crippen LogP contribution in [0, 0.1) is 17.8 Å². The molecule has 0 heterocycles. The van der Waals surface area contributed by atoms with Gasteiger partial charge in [-0.05, 0) is 54.9 Å². The van der Waals surface area contributed by atoms with Crippen molar-refractivity contribution in [2.75, 3.05) is 0 Å². The van der Waals surface area contributed by atoms with Crippen LogP contribution >= 0.6 is 0 Å². The number of carbonyl (C=O) groups excluding carboxylic acids is 1. The quantitative estimate of drug-likeness (QED) is 0.147. The Labute approximate surface area is 261 Å². The lowest BCUT2D eigenvalue weighted by Gasteiger charge is -2.41. The second kappa shape index (κ2) is 13.6. The van der Waals surface area contributed by atoms with Crippen molar-refractivity contribution >= 4 is 5.78 Å². The highest BCUT2D eigenvalue weighted by Gasteiger charge is 2.94. The minimum atomic E-state index is -8.43. The fourth-order valence-electron chi connectivity index (χ4n) is 6.67. The molecule has 2 fully saturated rings. The molecule has 3 rings (SSSR count). The molecule has 0 amide bonds. The van der Waals surface area contributed by atoms with Crippen molar-refractivity contribution in [3.8, 4) is 0 Å². The molecule has 0 bridgehead atoms. The van der Waals surface area contributed by atoms with Gasteiger partial charge in [0.15, 0.2) is 0 Å². The van der Waals surface area contributed by atoms with Gasteiger partial charge in [0.2, 0.25) is 5.78 Å². The highest BCUT2D eigenvalue weighted by molar-refractivity contribution is 6.02. The van der Waals surface area contributed by atoms with Gasteiger partial charge in [-0.2, -0.15) is 65.9 Å². The van der Waals surface area contributed by atoms with E-state index < -0.39 is 53.1 Å². The van der Waals surface area contributed by atoms with Gasteiger partial charge in [-0.25, -0.2) is 0 Å². The van der Waals surface area contributed by atoms with Crippen LogP contribution in [0.2, 0.25) is 0 Å². The maximum atomic E-state index is 14.4. The largest absolute Gasteiger partial charge is 0.460 e. The Morgan fingerprint density at radius 1 is 0.532 bits per heavy atom. The maximum Gasteiger partial charge on any atom is 0.460 e. The van der Waals surface area contributed by atoms with E-state index in [1.807, 2.05) is 0 Å². The van der Waals surface area contributed by atoms with Crippen LogP contribution in [-0.2, 0) is 0 Å². The summed E-state index contributed by atoms with van der Waals surface area (Å²) in [6.45, 7) is 2.17. The van der Waals surface area contributed by atoms with Gasteiger partial charge in [-0.1, -0.05) is 82.6 Å². The fourth-order valence-corrected chi connectivity index (χ4v) is 6.67. The Kier molecular flexibility index (Phi) is 11.4. The molecule has 0 N–H and O–H groups in total. The Morgan fingerprint density at radius 2 is 0.894 bits per heavy atom. The molecule has 16 heteroatoms. The summed E-state index contributed by atoms with van der Waals surface area (Å²) in [5.41, 5.74) is -0.998. The van der Waals surface area contributed by atoms with E-state index in [1.165, 1.54) is 38.5 Å². The molecule has 1 aromatic rings. The normalized spacial score (nSPS) is 24.3. The lowest BCUT2D eigenvalue weighted by atomic mass is 9.74. The third-order valence-electron chi connectivity index (χ3n) is 9.75. The number of rotatable bonds is 13. The third kappa shape index (κ3) is 7.12. The molecule has 0 aromatic heterocycles. The molecule has 0 radical (unpaired) electrons. The summed E-state index contributed by atoms with van der Waals surface area (Å²) in [6.07, 6.45) is 4.70. The van der Waals surface area contributed by atoms with Crippen LogP contribution in [0.4, 0.5) is 65.9 Å². The van der Waals surface area contributed by atoms with E-state index >= 15 is 0 Å². The van der Waals surface area contributed by atoms with Gasteiger partial charge in [-0.3, -0.25) is 4.79 Å². The smallest absolute Gasteiger partial charge is 0.287 e. The van der Waals surface area contributed by atoms with E-state index in [9.17, 15) is 70.7 Å². The SMILES string of the molecule is CCCC1CCC(CCC2CCC(c3ccc(C(=O)C(F)(F)C(F)(F)C(F)(F)C(F)(F)C(F)(F)C(F)(F)C(F)(F)F)cc3)CC2)CC1. The van der Waals surface area contributed by atoms with E-state index in [1.54, 1.807) is 0 Å². The van der Waals surface area contributed by atoms with Crippen LogP contribution in [-0.4, -0.2) is 47.5 Å². The summed E-state index contributed by atoms with van der Waals surface area (Å²) >= 11 is 0. The van der Waals surface area contributed by atoms with Gasteiger partial charge in [0.1, 0.15) is 0 Å². The average Bonchev–Trinajstić information content (AvgIpc) is 2.99. The number of hydrogen-bond donors (Lipinski definition) is 0. The van der Waals surface area contributed by atoms with Crippen LogP contribution in [0.15, 0.2) is 24.3 Å². The van der Waals surface area contributed by atoms with Crippen molar-refractivity contribution in [3.05, 3.63) is 35.4 Å². The van der Waals surface area contributed by atoms with Crippen LogP contribution in [0.5, 0.6) is 0 Å². The minimum Gasteiger partial charge on any atom is -0.287 e. The van der Waals surface area contributed by atoms with E-state index in [-0.39, 0.29) is 5.92 Å². The van der Waals surface area contributed by atoms with Crippen molar-refractivity contribution in [1.29, 1.82) is 0 Å². The van der Waals surface area contributed by atoms with E-state index in [2.05, 4.69) is 6.92 Å². The molecule has 1 nitrogen and oxygen atoms in total. The first-order valence-corrected chi connectivity index (χ1v) is 15.3. The minimum absolute atomic E-state index is 0.151. The van der Waals surface area contributed by atoms with Gasteiger partial charge >= 0.3 is 41.7 Å². The Hall–Kier alpha value is -2.16. The Balaban J connectivity index is 1.66. The second-order valence-corrected chi connectivity index (χ2v) is 12.9. The van der Waals surface area contributed by atoms with Gasteiger partial charge in [0.05, 0.1) is 0 Å². The summed E-state index contributed by atoms with van der Waals surface area (Å²) in [5.74, 6) is -49.5. The van der Waals surface area contributed by atoms with Gasteiger partial charge in [-0.15, -0.1) is 0 Å². The molecule has 270 valence electrons. The summed E-state index contributed by atoms with van der Waals surface area (Å²) in [5, 5.41) is 0. The number of ketones is 1. The monoisotopic (exact) mass is 708 g/mol. The first-order valence-electron chi connectivity index (χ1n) is 15.3. The molecule has 0 saturated heterocycles. The molecule has 2 aliphatic rings. The number of halogens is 15. The summed E-state index contributed by atoms with van der Waals surface area (Å²) in [4.78, 5) is 12.2. The molecular formula is C31H35F15O. The van der Waals surface area contributed by atoms with Crippen molar-refractivity contribution < 1.29 is 70.7 Å². The summed E-state index contributed by atoms with van der Waals surface area (Å²) in [7, 11) is 0. The highest BCUT2D eigenvalue weighted by Crippen LogP contribution is 2.62. The zero-order valence-corrected chi connectivity index (χ0v) is 25.2. The molecule has 2 aliphatic carbocycles. The predicted octanol–water partition coefficient (Wildman–Crippen LogP) is 11.9. The van der Waals surface area contributed by atoms with E-state index in [4.69, 9.17) is 0 Å². The lowest BCUT2D eigenvalue weighted by Crippen LogP contribution is -2.73. The van der Waals surface area contributed by atoms with E-state index in [0.717, 1.165) is 43.7 Å². The van der Waals surface area contributed by atoms with Crippen molar-refractivity contribution in [2.24, 2.45) is 17.8 Å². The number of benzene rings is 1. The summed E-state index contributed by atoms with van der Waals surface area (Å²) < 4.78 is 202. The molecule has 0 spiro atoms. The van der Waals surface area contributed by atoms with Gasteiger partial charge in [0.25, 0.3) is 0 Å². The molecule has 0 unspecified atom stereocenters. The molecule has 0 atom stereocenters. The van der Waals surface area contributed by atoms with Crippen molar-refractivity contribution in [1.82, 2.24) is 0 Å². The molecule has 1 aromatic carbocycles. The average molecular weight is 709 g/mol. The molecule has 47 heavy (non-hydrogen) atoms. The molecular weight excluding hydrogens is 673 g/mol. The van der Waals surface area contributed by atoms with Crippen LogP contribution < -0.4 is 0 Å². The van der Waals surface area contributed by atoms with Crippen LogP contribution in [0.25, 0.3) is 0 Å². The number of Topliss-reactive ketones (excluding diaryl/α,β-unsaturated/α-hetero) is 1. The zero-order valence-electron chi connectivity index (χ0n) is 25.2. The van der Waals surface area contributed by atoms with Gasteiger partial charge < -0.3 is 0 Å². The first kappa shape index (κ1) is 39.3. The Morgan fingerprint density at radius 3 is 1.30 bits per heavy atom. The maximum absolute atomic E-state index is 14.4. The fraction of sp³-hybridized carbons (Fsp3) is 0.774. The molecule has 2 saturated carbocycles. The number of alkyl halides is 15. The Bertz CT molecular complexity index is 1190.